The number of rotatable bonds is 1. The van der Waals surface area contributed by atoms with Crippen molar-refractivity contribution in [3.05, 3.63) is 22.4 Å². The molecular formula is C8H9ClS2. The van der Waals surface area contributed by atoms with Crippen molar-refractivity contribution in [1.82, 2.24) is 0 Å². The van der Waals surface area contributed by atoms with E-state index in [2.05, 4.69) is 17.5 Å². The first-order valence-corrected chi connectivity index (χ1v) is 6.03. The molecule has 11 heavy (non-hydrogen) atoms. The Morgan fingerprint density at radius 1 is 1.55 bits per heavy atom. The molecule has 0 aromatic carbocycles. The third-order valence-corrected chi connectivity index (χ3v) is 4.98. The van der Waals surface area contributed by atoms with E-state index in [0.717, 1.165) is 6.42 Å². The Morgan fingerprint density at radius 3 is 3.00 bits per heavy atom. The number of halogens is 1. The third kappa shape index (κ3) is 1.58. The Hall–Kier alpha value is 0.340. The van der Waals surface area contributed by atoms with Crippen molar-refractivity contribution in [1.29, 1.82) is 0 Å². The first kappa shape index (κ1) is 7.96. The highest BCUT2D eigenvalue weighted by Crippen LogP contribution is 2.44. The summed E-state index contributed by atoms with van der Waals surface area (Å²) in [4.78, 5) is 1.44. The molecule has 0 radical (unpaired) electrons. The van der Waals surface area contributed by atoms with Gasteiger partial charge in [0.2, 0.25) is 0 Å². The lowest BCUT2D eigenvalue weighted by Gasteiger charge is -2.09. The van der Waals surface area contributed by atoms with E-state index in [0.29, 0.717) is 10.6 Å². The quantitative estimate of drug-likeness (QED) is 0.631. The Labute approximate surface area is 80.0 Å². The predicted octanol–water partition coefficient (Wildman–Crippen LogP) is 3.53. The van der Waals surface area contributed by atoms with Crippen LogP contribution in [0.15, 0.2) is 17.5 Å². The van der Waals surface area contributed by atoms with Crippen molar-refractivity contribution < 1.29 is 0 Å². The van der Waals surface area contributed by atoms with E-state index in [9.17, 15) is 0 Å². The molecule has 1 fully saturated rings. The molecule has 2 heterocycles. The highest BCUT2D eigenvalue weighted by atomic mass is 35.5. The Kier molecular flexibility index (Phi) is 2.45. The number of thiophene rings is 1. The van der Waals surface area contributed by atoms with Crippen molar-refractivity contribution in [2.24, 2.45) is 0 Å². The van der Waals surface area contributed by atoms with Crippen LogP contribution in [0.3, 0.4) is 0 Å². The molecule has 0 bridgehead atoms. The topological polar surface area (TPSA) is 0 Å². The summed E-state index contributed by atoms with van der Waals surface area (Å²) < 4.78 is 0. The van der Waals surface area contributed by atoms with Crippen molar-refractivity contribution in [2.45, 2.75) is 17.0 Å². The van der Waals surface area contributed by atoms with Crippen molar-refractivity contribution in [3.8, 4) is 0 Å². The van der Waals surface area contributed by atoms with Crippen LogP contribution in [0.4, 0.5) is 0 Å². The Morgan fingerprint density at radius 2 is 2.45 bits per heavy atom. The van der Waals surface area contributed by atoms with Crippen LogP contribution in [0.2, 0.25) is 0 Å². The van der Waals surface area contributed by atoms with E-state index < -0.39 is 0 Å². The van der Waals surface area contributed by atoms with E-state index >= 15 is 0 Å². The monoisotopic (exact) mass is 204 g/mol. The summed E-state index contributed by atoms with van der Waals surface area (Å²) in [5, 5.41) is 3.05. The van der Waals surface area contributed by atoms with Crippen molar-refractivity contribution in [2.75, 3.05) is 5.75 Å². The van der Waals surface area contributed by atoms with Gasteiger partial charge in [0, 0.05) is 4.88 Å². The number of alkyl halides is 1. The molecule has 0 unspecified atom stereocenters. The van der Waals surface area contributed by atoms with Gasteiger partial charge in [-0.2, -0.15) is 11.8 Å². The second-order valence-electron chi connectivity index (χ2n) is 2.61. The molecule has 0 aliphatic carbocycles. The summed E-state index contributed by atoms with van der Waals surface area (Å²) in [6, 6.07) is 4.28. The Balaban J connectivity index is 2.16. The summed E-state index contributed by atoms with van der Waals surface area (Å²) >= 11 is 9.96. The lowest BCUT2D eigenvalue weighted by molar-refractivity contribution is 0.850. The zero-order valence-electron chi connectivity index (χ0n) is 6.00. The molecule has 0 saturated carbocycles. The average Bonchev–Trinajstić information content (AvgIpc) is 2.55. The van der Waals surface area contributed by atoms with E-state index in [1.807, 2.05) is 23.1 Å². The molecule has 0 N–H and O–H groups in total. The Bertz CT molecular complexity index is 220. The molecular weight excluding hydrogens is 196 g/mol. The second-order valence-corrected chi connectivity index (χ2v) is 5.40. The van der Waals surface area contributed by atoms with Gasteiger partial charge >= 0.3 is 0 Å². The average molecular weight is 205 g/mol. The van der Waals surface area contributed by atoms with Crippen LogP contribution in [0.1, 0.15) is 16.5 Å². The molecule has 3 heteroatoms. The fraction of sp³-hybridized carbons (Fsp3) is 0.500. The molecule has 2 rings (SSSR count). The van der Waals surface area contributed by atoms with Crippen LogP contribution in [0, 0.1) is 0 Å². The molecule has 0 nitrogen and oxygen atoms in total. The maximum atomic E-state index is 6.16. The van der Waals surface area contributed by atoms with Gasteiger partial charge in [-0.3, -0.25) is 0 Å². The van der Waals surface area contributed by atoms with E-state index in [1.165, 1.54) is 10.6 Å². The summed E-state index contributed by atoms with van der Waals surface area (Å²) in [6.07, 6.45) is 1.16. The molecule has 1 aliphatic rings. The van der Waals surface area contributed by atoms with Gasteiger partial charge in [-0.1, -0.05) is 6.07 Å². The van der Waals surface area contributed by atoms with Gasteiger partial charge in [0.15, 0.2) is 0 Å². The molecule has 1 aliphatic heterocycles. The minimum absolute atomic E-state index is 0.360. The van der Waals surface area contributed by atoms with Crippen molar-refractivity contribution >= 4 is 34.7 Å². The summed E-state index contributed by atoms with van der Waals surface area (Å²) in [5.41, 5.74) is 0. The number of thioether (sulfide) groups is 1. The van der Waals surface area contributed by atoms with E-state index in [4.69, 9.17) is 11.6 Å². The smallest absolute Gasteiger partial charge is 0.0555 e. The zero-order valence-corrected chi connectivity index (χ0v) is 8.38. The van der Waals surface area contributed by atoms with Gasteiger partial charge in [0.05, 0.1) is 10.6 Å². The fourth-order valence-electron chi connectivity index (χ4n) is 1.28. The van der Waals surface area contributed by atoms with Gasteiger partial charge in [-0.05, 0) is 23.6 Å². The molecule has 1 saturated heterocycles. The van der Waals surface area contributed by atoms with E-state index in [-0.39, 0.29) is 0 Å². The van der Waals surface area contributed by atoms with Gasteiger partial charge < -0.3 is 0 Å². The largest absolute Gasteiger partial charge is 0.151 e. The highest BCUT2D eigenvalue weighted by Gasteiger charge is 2.27. The van der Waals surface area contributed by atoms with Crippen LogP contribution in [0.25, 0.3) is 0 Å². The molecule has 0 amide bonds. The predicted molar refractivity (Wildman–Crippen MR) is 53.8 cm³/mol. The highest BCUT2D eigenvalue weighted by molar-refractivity contribution is 8.00. The van der Waals surface area contributed by atoms with Crippen LogP contribution in [0.5, 0.6) is 0 Å². The first-order chi connectivity index (χ1) is 5.38. The van der Waals surface area contributed by atoms with Gasteiger partial charge in [0.1, 0.15) is 0 Å². The summed E-state index contributed by atoms with van der Waals surface area (Å²) in [5.74, 6) is 1.22. The van der Waals surface area contributed by atoms with Crippen LogP contribution in [-0.2, 0) is 0 Å². The first-order valence-electron chi connectivity index (χ1n) is 3.67. The second kappa shape index (κ2) is 3.38. The van der Waals surface area contributed by atoms with Gasteiger partial charge in [0.25, 0.3) is 0 Å². The third-order valence-electron chi connectivity index (χ3n) is 1.84. The molecule has 0 spiro atoms. The standard InChI is InChI=1S/C8H9ClS2/c9-6-3-5-11-8(6)7-2-1-4-10-7/h1-2,4,6,8H,3,5H2/t6-,8+/m0/s1. The minimum Gasteiger partial charge on any atom is -0.151 e. The number of hydrogen-bond donors (Lipinski definition) is 0. The van der Waals surface area contributed by atoms with Gasteiger partial charge in [-0.25, -0.2) is 0 Å². The zero-order chi connectivity index (χ0) is 7.68. The number of hydrogen-bond acceptors (Lipinski definition) is 2. The summed E-state index contributed by atoms with van der Waals surface area (Å²) in [6.45, 7) is 0. The van der Waals surface area contributed by atoms with Crippen molar-refractivity contribution in [3.63, 3.8) is 0 Å². The SMILES string of the molecule is Cl[C@H]1CCS[C@H]1c1cccs1. The normalized spacial score (nSPS) is 31.0. The molecule has 1 aromatic heterocycles. The minimum atomic E-state index is 0.360. The molecule has 60 valence electrons. The molecule has 1 aromatic rings. The van der Waals surface area contributed by atoms with E-state index in [1.54, 1.807) is 0 Å². The lowest BCUT2D eigenvalue weighted by atomic mass is 10.2. The van der Waals surface area contributed by atoms with Crippen LogP contribution >= 0.6 is 34.7 Å². The molecule has 2 atom stereocenters. The maximum absolute atomic E-state index is 6.16. The fourth-order valence-corrected chi connectivity index (χ4v) is 4.32. The lowest BCUT2D eigenvalue weighted by Crippen LogP contribution is -1.99. The van der Waals surface area contributed by atoms with Crippen LogP contribution in [-0.4, -0.2) is 11.1 Å². The maximum Gasteiger partial charge on any atom is 0.0555 e. The summed E-state index contributed by atoms with van der Waals surface area (Å²) in [7, 11) is 0. The van der Waals surface area contributed by atoms with Crippen LogP contribution < -0.4 is 0 Å². The van der Waals surface area contributed by atoms with Gasteiger partial charge in [-0.15, -0.1) is 22.9 Å².